The zero-order valence-corrected chi connectivity index (χ0v) is 21.4. The lowest BCUT2D eigenvalue weighted by Crippen LogP contribution is -2.46. The van der Waals surface area contributed by atoms with Gasteiger partial charge < -0.3 is 9.73 Å². The lowest BCUT2D eigenvalue weighted by atomic mass is 10.1. The van der Waals surface area contributed by atoms with E-state index in [0.717, 1.165) is 22.5 Å². The summed E-state index contributed by atoms with van der Waals surface area (Å²) >= 11 is 0. The van der Waals surface area contributed by atoms with Crippen molar-refractivity contribution in [2.24, 2.45) is 4.99 Å². The molecule has 0 aliphatic carbocycles. The summed E-state index contributed by atoms with van der Waals surface area (Å²) in [5, 5.41) is 2.36. The highest BCUT2D eigenvalue weighted by Gasteiger charge is 2.33. The lowest BCUT2D eigenvalue weighted by molar-refractivity contribution is -0.137. The van der Waals surface area contributed by atoms with Crippen LogP contribution in [-0.2, 0) is 21.0 Å². The molecular weight excluding hydrogens is 528 g/mol. The van der Waals surface area contributed by atoms with Crippen molar-refractivity contribution in [3.63, 3.8) is 0 Å². The van der Waals surface area contributed by atoms with E-state index < -0.39 is 44.6 Å². The number of amides is 1. The van der Waals surface area contributed by atoms with Crippen LogP contribution in [0.1, 0.15) is 25.1 Å². The van der Waals surface area contributed by atoms with Gasteiger partial charge in [-0.25, -0.2) is 12.8 Å². The molecule has 1 N–H and O–H groups in total. The number of nitrogens with zero attached hydrogens (tertiary/aromatic N) is 3. The van der Waals surface area contributed by atoms with E-state index in [4.69, 9.17) is 4.42 Å². The number of alkyl halides is 3. The Morgan fingerprint density at radius 3 is 2.55 bits per heavy atom. The van der Waals surface area contributed by atoms with Gasteiger partial charge in [0.25, 0.3) is 10.0 Å². The number of halogens is 4. The number of carbonyl (C=O) groups is 1. The van der Waals surface area contributed by atoms with E-state index in [-0.39, 0.29) is 28.9 Å². The first-order chi connectivity index (χ1) is 17.8. The summed E-state index contributed by atoms with van der Waals surface area (Å²) in [6.45, 7) is 6.31. The first-order valence-corrected chi connectivity index (χ1v) is 12.5. The molecule has 1 amide bonds. The van der Waals surface area contributed by atoms with E-state index in [1.807, 2.05) is 0 Å². The van der Waals surface area contributed by atoms with Gasteiger partial charge in [0.2, 0.25) is 11.0 Å². The summed E-state index contributed by atoms with van der Waals surface area (Å²) in [7, 11) is -3.04. The molecule has 3 rings (SSSR count). The van der Waals surface area contributed by atoms with Crippen LogP contribution in [0.4, 0.5) is 17.6 Å². The number of benzene rings is 1. The van der Waals surface area contributed by atoms with E-state index in [1.54, 1.807) is 13.0 Å². The minimum atomic E-state index is -4.52. The highest BCUT2D eigenvalue weighted by molar-refractivity contribution is 7.89. The highest BCUT2D eigenvalue weighted by atomic mass is 32.2. The van der Waals surface area contributed by atoms with E-state index >= 15 is 0 Å². The maximum absolute atomic E-state index is 13.5. The van der Waals surface area contributed by atoms with Crippen molar-refractivity contribution in [1.82, 2.24) is 14.6 Å². The molecule has 0 aliphatic heterocycles. The van der Waals surface area contributed by atoms with Crippen molar-refractivity contribution in [2.45, 2.75) is 31.2 Å². The normalized spacial score (nSPS) is 14.1. The van der Waals surface area contributed by atoms with Crippen LogP contribution >= 0.6 is 0 Å². The third kappa shape index (κ3) is 6.34. The molecule has 0 fully saturated rings. The molecular formula is C25H24F4N4O4S. The Balaban J connectivity index is 1.71. The van der Waals surface area contributed by atoms with Crippen LogP contribution in [0.5, 0.6) is 0 Å². The average molecular weight is 553 g/mol. The SMILES string of the molecule is C=N/C(=C\C(=C/C)c1ccc(C(F)(F)F)cn1)CNC(=O)[C@@H](C)N(C)S(=O)(=O)c1cc2cc(F)ccc2o1. The molecule has 2 heterocycles. The Morgan fingerprint density at radius 1 is 1.26 bits per heavy atom. The van der Waals surface area contributed by atoms with Crippen LogP contribution < -0.4 is 5.32 Å². The largest absolute Gasteiger partial charge is 0.443 e. The number of hydrogen-bond acceptors (Lipinski definition) is 6. The smallest absolute Gasteiger partial charge is 0.417 e. The van der Waals surface area contributed by atoms with Crippen molar-refractivity contribution in [3.8, 4) is 0 Å². The Bertz CT molecular complexity index is 1510. The van der Waals surface area contributed by atoms with E-state index in [0.29, 0.717) is 11.8 Å². The zero-order valence-electron chi connectivity index (χ0n) is 20.6. The van der Waals surface area contributed by atoms with Gasteiger partial charge in [-0.05, 0) is 62.5 Å². The van der Waals surface area contributed by atoms with Gasteiger partial charge in [-0.1, -0.05) is 6.08 Å². The Hall–Kier alpha value is -3.84. The molecule has 1 atom stereocenters. The fourth-order valence-electron chi connectivity index (χ4n) is 3.33. The number of aromatic nitrogens is 1. The molecule has 8 nitrogen and oxygen atoms in total. The number of likely N-dealkylation sites (N-methyl/N-ethyl adjacent to an activating group) is 1. The summed E-state index contributed by atoms with van der Waals surface area (Å²) < 4.78 is 84.0. The summed E-state index contributed by atoms with van der Waals surface area (Å²) in [6, 6.07) is 5.67. The molecule has 0 spiro atoms. The third-order valence-corrected chi connectivity index (χ3v) is 7.46. The molecule has 13 heteroatoms. The molecule has 0 unspecified atom stereocenters. The summed E-state index contributed by atoms with van der Waals surface area (Å²) in [5.41, 5.74) is 0.218. The van der Waals surface area contributed by atoms with Gasteiger partial charge in [0.05, 0.1) is 23.5 Å². The van der Waals surface area contributed by atoms with Crippen LogP contribution in [0.15, 0.2) is 74.9 Å². The standard InChI is InChI=1S/C25H24F4N4O4S/c1-5-16(21-8-6-18(13-31-21)25(27,28)29)11-20(30-3)14-32-24(34)15(2)33(4)38(35,36)23-12-17-10-19(26)7-9-22(17)37-23/h5-13,15H,3,14H2,1-2,4H3,(H,32,34)/b16-5+,20-11-/t15-/m1/s1. The molecule has 202 valence electrons. The Morgan fingerprint density at radius 2 is 1.97 bits per heavy atom. The summed E-state index contributed by atoms with van der Waals surface area (Å²) in [4.78, 5) is 20.4. The van der Waals surface area contributed by atoms with Gasteiger partial charge in [-0.15, -0.1) is 0 Å². The molecule has 1 aromatic carbocycles. The summed E-state index contributed by atoms with van der Waals surface area (Å²) in [5.74, 6) is -1.22. The zero-order chi connectivity index (χ0) is 28.3. The maximum Gasteiger partial charge on any atom is 0.417 e. The second kappa shape index (κ2) is 11.3. The van der Waals surface area contributed by atoms with Crippen molar-refractivity contribution in [3.05, 3.63) is 77.5 Å². The predicted molar refractivity (Wildman–Crippen MR) is 134 cm³/mol. The third-order valence-electron chi connectivity index (χ3n) is 5.68. The predicted octanol–water partition coefficient (Wildman–Crippen LogP) is 4.80. The van der Waals surface area contributed by atoms with Crippen LogP contribution in [0, 0.1) is 5.82 Å². The lowest BCUT2D eigenvalue weighted by Gasteiger charge is -2.22. The van der Waals surface area contributed by atoms with Crippen molar-refractivity contribution in [1.29, 1.82) is 0 Å². The number of allylic oxidation sites excluding steroid dienone is 3. The van der Waals surface area contributed by atoms with Crippen molar-refractivity contribution >= 4 is 39.2 Å². The van der Waals surface area contributed by atoms with Gasteiger partial charge in [0, 0.05) is 24.7 Å². The first-order valence-electron chi connectivity index (χ1n) is 11.1. The Labute approximate surface area is 216 Å². The summed E-state index contributed by atoms with van der Waals surface area (Å²) in [6.07, 6.45) is -0.715. The van der Waals surface area contributed by atoms with E-state index in [2.05, 4.69) is 22.0 Å². The van der Waals surface area contributed by atoms with Crippen molar-refractivity contribution < 1.29 is 35.2 Å². The molecule has 38 heavy (non-hydrogen) atoms. The molecule has 2 aromatic heterocycles. The number of furan rings is 1. The second-order valence-corrected chi connectivity index (χ2v) is 10.1. The van der Waals surface area contributed by atoms with E-state index in [9.17, 15) is 30.8 Å². The fourth-order valence-corrected chi connectivity index (χ4v) is 4.59. The molecule has 0 aliphatic rings. The molecule has 0 bridgehead atoms. The number of carbonyl (C=O) groups excluding carboxylic acids is 1. The number of nitrogens with one attached hydrogen (secondary N) is 1. The van der Waals surface area contributed by atoms with Crippen LogP contribution in [0.3, 0.4) is 0 Å². The number of pyridine rings is 1. The van der Waals surface area contributed by atoms with Gasteiger partial charge in [0.15, 0.2) is 0 Å². The number of sulfonamides is 1. The van der Waals surface area contributed by atoms with Crippen LogP contribution in [0.25, 0.3) is 16.5 Å². The number of hydrogen-bond donors (Lipinski definition) is 1. The minimum Gasteiger partial charge on any atom is -0.443 e. The topological polar surface area (TPSA) is 105 Å². The van der Waals surface area contributed by atoms with Gasteiger partial charge in [0.1, 0.15) is 17.4 Å². The number of rotatable bonds is 9. The maximum atomic E-state index is 13.5. The van der Waals surface area contributed by atoms with E-state index in [1.165, 1.54) is 38.2 Å². The second-order valence-electron chi connectivity index (χ2n) is 8.13. The van der Waals surface area contributed by atoms with Crippen LogP contribution in [-0.4, -0.2) is 50.0 Å². The quantitative estimate of drug-likeness (QED) is 0.233. The number of aliphatic imine (C=N–C) groups is 1. The van der Waals surface area contributed by atoms with Gasteiger partial charge in [-0.3, -0.25) is 14.8 Å². The monoisotopic (exact) mass is 552 g/mol. The van der Waals surface area contributed by atoms with Crippen LogP contribution in [0.2, 0.25) is 0 Å². The molecule has 0 saturated carbocycles. The van der Waals surface area contributed by atoms with Gasteiger partial charge >= 0.3 is 6.18 Å². The Kier molecular flexibility index (Phi) is 8.52. The highest BCUT2D eigenvalue weighted by Crippen LogP contribution is 2.29. The molecule has 0 radical (unpaired) electrons. The average Bonchev–Trinajstić information content (AvgIpc) is 3.31. The van der Waals surface area contributed by atoms with Gasteiger partial charge in [-0.2, -0.15) is 17.5 Å². The number of fused-ring (bicyclic) bond motifs is 1. The minimum absolute atomic E-state index is 0.150. The molecule has 3 aromatic rings. The first kappa shape index (κ1) is 28.7. The fraction of sp³-hybridized carbons (Fsp3) is 0.240. The van der Waals surface area contributed by atoms with Crippen molar-refractivity contribution in [2.75, 3.05) is 13.6 Å². The molecule has 0 saturated heterocycles.